The molecule has 0 radical (unpaired) electrons. The predicted octanol–water partition coefficient (Wildman–Crippen LogP) is 2.54. The lowest BCUT2D eigenvalue weighted by atomic mass is 10.1. The molecule has 1 unspecified atom stereocenters. The lowest BCUT2D eigenvalue weighted by Crippen LogP contribution is -2.43. The highest BCUT2D eigenvalue weighted by molar-refractivity contribution is 5.79. The molecule has 1 aliphatic heterocycles. The van der Waals surface area contributed by atoms with Crippen molar-refractivity contribution >= 4 is 5.96 Å². The zero-order valence-corrected chi connectivity index (χ0v) is 15.8. The maximum absolute atomic E-state index is 6.06. The fourth-order valence-corrected chi connectivity index (χ4v) is 3.29. The highest BCUT2D eigenvalue weighted by Crippen LogP contribution is 2.30. The molecule has 2 N–H and O–H groups in total. The van der Waals surface area contributed by atoms with E-state index in [0.29, 0.717) is 6.04 Å². The number of nitrogens with zero attached hydrogens (tertiary/aromatic N) is 2. The van der Waals surface area contributed by atoms with Crippen LogP contribution < -0.4 is 15.4 Å². The van der Waals surface area contributed by atoms with Gasteiger partial charge in [-0.15, -0.1) is 0 Å². The van der Waals surface area contributed by atoms with Gasteiger partial charge in [-0.05, 0) is 63.7 Å². The molecular weight excluding hydrogens is 312 g/mol. The molecule has 0 bridgehead atoms. The Morgan fingerprint density at radius 1 is 1.28 bits per heavy atom. The van der Waals surface area contributed by atoms with E-state index in [1.165, 1.54) is 43.4 Å². The summed E-state index contributed by atoms with van der Waals surface area (Å²) in [5.74, 6) is 2.62. The zero-order valence-electron chi connectivity index (χ0n) is 15.8. The lowest BCUT2D eigenvalue weighted by Gasteiger charge is -2.21. The summed E-state index contributed by atoms with van der Waals surface area (Å²) >= 11 is 0. The van der Waals surface area contributed by atoms with Gasteiger partial charge >= 0.3 is 0 Å². The molecule has 3 rings (SSSR count). The number of ether oxygens (including phenoxy) is 1. The van der Waals surface area contributed by atoms with Crippen LogP contribution in [0, 0.1) is 12.8 Å². The van der Waals surface area contributed by atoms with Gasteiger partial charge in [0.05, 0.1) is 6.61 Å². The molecule has 1 aromatic carbocycles. The first-order valence-corrected chi connectivity index (χ1v) is 9.53. The van der Waals surface area contributed by atoms with Crippen LogP contribution in [0.2, 0.25) is 0 Å². The maximum atomic E-state index is 6.06. The van der Waals surface area contributed by atoms with Crippen LogP contribution in [-0.4, -0.2) is 50.7 Å². The van der Waals surface area contributed by atoms with Gasteiger partial charge in [0.1, 0.15) is 5.75 Å². The molecule has 0 amide bonds. The monoisotopic (exact) mass is 344 g/mol. The Morgan fingerprint density at radius 3 is 2.80 bits per heavy atom. The first-order chi connectivity index (χ1) is 12.2. The highest BCUT2D eigenvalue weighted by Gasteiger charge is 2.23. The Kier molecular flexibility index (Phi) is 6.19. The molecule has 1 saturated heterocycles. The topological polar surface area (TPSA) is 48.9 Å². The van der Waals surface area contributed by atoms with E-state index in [2.05, 4.69) is 52.7 Å². The van der Waals surface area contributed by atoms with Gasteiger partial charge in [-0.2, -0.15) is 0 Å². The number of likely N-dealkylation sites (N-methyl/N-ethyl adjacent to an activating group) is 1. The first kappa shape index (κ1) is 18.1. The van der Waals surface area contributed by atoms with E-state index in [-0.39, 0.29) is 0 Å². The quantitative estimate of drug-likeness (QED) is 0.589. The highest BCUT2D eigenvalue weighted by atomic mass is 16.5. The minimum atomic E-state index is 0.607. The van der Waals surface area contributed by atoms with E-state index in [4.69, 9.17) is 4.74 Å². The van der Waals surface area contributed by atoms with Crippen LogP contribution in [0.5, 0.6) is 5.75 Å². The number of aryl methyl sites for hydroxylation is 1. The van der Waals surface area contributed by atoms with Gasteiger partial charge in [0.2, 0.25) is 0 Å². The molecule has 0 aromatic heterocycles. The van der Waals surface area contributed by atoms with Crippen LogP contribution >= 0.6 is 0 Å². The summed E-state index contributed by atoms with van der Waals surface area (Å²) in [5, 5.41) is 6.89. The third-order valence-corrected chi connectivity index (χ3v) is 5.24. The van der Waals surface area contributed by atoms with E-state index in [0.717, 1.165) is 37.3 Å². The van der Waals surface area contributed by atoms with E-state index in [1.807, 2.05) is 7.05 Å². The predicted molar refractivity (Wildman–Crippen MR) is 103 cm³/mol. The number of guanidine groups is 1. The number of hydrogen-bond donors (Lipinski definition) is 2. The van der Waals surface area contributed by atoms with Crippen molar-refractivity contribution in [2.45, 2.75) is 45.2 Å². The van der Waals surface area contributed by atoms with E-state index < -0.39 is 0 Å². The number of nitrogens with one attached hydrogen (secondary N) is 2. The number of benzene rings is 1. The normalized spacial score (nSPS) is 21.4. The molecule has 25 heavy (non-hydrogen) atoms. The van der Waals surface area contributed by atoms with Crippen molar-refractivity contribution in [2.75, 3.05) is 33.8 Å². The number of likely N-dealkylation sites (tertiary alicyclic amines) is 1. The SMILES string of the molecule is CN=C(NCc1ccc(C)cc1OCC1CC1)NCC1CCCN1C. The van der Waals surface area contributed by atoms with E-state index in [9.17, 15) is 0 Å². The van der Waals surface area contributed by atoms with Crippen LogP contribution in [0.1, 0.15) is 36.8 Å². The van der Waals surface area contributed by atoms with Crippen LogP contribution in [0.25, 0.3) is 0 Å². The van der Waals surface area contributed by atoms with Gasteiger partial charge in [0, 0.05) is 31.7 Å². The first-order valence-electron chi connectivity index (χ1n) is 9.53. The molecule has 1 aromatic rings. The Morgan fingerprint density at radius 2 is 2.12 bits per heavy atom. The fourth-order valence-electron chi connectivity index (χ4n) is 3.29. The molecule has 2 aliphatic rings. The van der Waals surface area contributed by atoms with Crippen LogP contribution in [0.3, 0.4) is 0 Å². The smallest absolute Gasteiger partial charge is 0.191 e. The second-order valence-corrected chi connectivity index (χ2v) is 7.45. The van der Waals surface area contributed by atoms with Crippen molar-refractivity contribution in [3.8, 4) is 5.75 Å². The molecule has 1 aliphatic carbocycles. The summed E-state index contributed by atoms with van der Waals surface area (Å²) in [6, 6.07) is 7.05. The van der Waals surface area contributed by atoms with Crippen molar-refractivity contribution in [3.63, 3.8) is 0 Å². The molecule has 1 atom stereocenters. The third-order valence-electron chi connectivity index (χ3n) is 5.24. The van der Waals surface area contributed by atoms with Crippen LogP contribution in [-0.2, 0) is 6.54 Å². The number of hydrogen-bond acceptors (Lipinski definition) is 3. The van der Waals surface area contributed by atoms with Crippen LogP contribution in [0.4, 0.5) is 0 Å². The lowest BCUT2D eigenvalue weighted by molar-refractivity contribution is 0.296. The maximum Gasteiger partial charge on any atom is 0.191 e. The Hall–Kier alpha value is -1.75. The molecular formula is C20H32N4O. The average Bonchev–Trinajstić information content (AvgIpc) is 3.35. The molecule has 5 nitrogen and oxygen atoms in total. The van der Waals surface area contributed by atoms with Crippen molar-refractivity contribution in [1.82, 2.24) is 15.5 Å². The minimum Gasteiger partial charge on any atom is -0.493 e. The number of rotatable bonds is 7. The Labute approximate surface area is 151 Å². The van der Waals surface area contributed by atoms with Crippen molar-refractivity contribution in [2.24, 2.45) is 10.9 Å². The summed E-state index contributed by atoms with van der Waals surface area (Å²) < 4.78 is 6.06. The van der Waals surface area contributed by atoms with Gasteiger partial charge < -0.3 is 20.3 Å². The summed E-state index contributed by atoms with van der Waals surface area (Å²) in [4.78, 5) is 6.78. The molecule has 5 heteroatoms. The summed E-state index contributed by atoms with van der Waals surface area (Å²) in [6.07, 6.45) is 5.18. The second kappa shape index (κ2) is 8.56. The molecule has 138 valence electrons. The summed E-state index contributed by atoms with van der Waals surface area (Å²) in [7, 11) is 4.03. The molecule has 0 spiro atoms. The van der Waals surface area contributed by atoms with Crippen LogP contribution in [0.15, 0.2) is 23.2 Å². The number of aliphatic imine (C=N–C) groups is 1. The largest absolute Gasteiger partial charge is 0.493 e. The van der Waals surface area contributed by atoms with Gasteiger partial charge in [0.25, 0.3) is 0 Å². The summed E-state index contributed by atoms with van der Waals surface area (Å²) in [6.45, 7) is 5.82. The second-order valence-electron chi connectivity index (χ2n) is 7.45. The standard InChI is InChI=1S/C20H32N4O/c1-15-6-9-17(19(11-15)25-14-16-7-8-16)12-22-20(21-2)23-13-18-5-4-10-24(18)3/h6,9,11,16,18H,4-5,7-8,10,12-14H2,1-3H3,(H2,21,22,23). The van der Waals surface area contributed by atoms with Crippen molar-refractivity contribution in [1.29, 1.82) is 0 Å². The minimum absolute atomic E-state index is 0.607. The van der Waals surface area contributed by atoms with Gasteiger partial charge in [-0.3, -0.25) is 4.99 Å². The van der Waals surface area contributed by atoms with Gasteiger partial charge in [0.15, 0.2) is 5.96 Å². The van der Waals surface area contributed by atoms with Gasteiger partial charge in [-0.25, -0.2) is 0 Å². The Bertz CT molecular complexity index is 597. The van der Waals surface area contributed by atoms with E-state index >= 15 is 0 Å². The Balaban J connectivity index is 1.51. The van der Waals surface area contributed by atoms with Gasteiger partial charge in [-0.1, -0.05) is 12.1 Å². The molecule has 1 heterocycles. The summed E-state index contributed by atoms with van der Waals surface area (Å²) in [5.41, 5.74) is 2.42. The molecule has 2 fully saturated rings. The molecule has 1 saturated carbocycles. The average molecular weight is 345 g/mol. The third kappa shape index (κ3) is 5.36. The fraction of sp³-hybridized carbons (Fsp3) is 0.650. The zero-order chi connectivity index (χ0) is 17.6. The van der Waals surface area contributed by atoms with Crippen molar-refractivity contribution in [3.05, 3.63) is 29.3 Å². The van der Waals surface area contributed by atoms with Crippen molar-refractivity contribution < 1.29 is 4.74 Å². The van der Waals surface area contributed by atoms with E-state index in [1.54, 1.807) is 0 Å².